The second kappa shape index (κ2) is 15.8. The molecule has 0 saturated carbocycles. The van der Waals surface area contributed by atoms with Crippen molar-refractivity contribution in [1.29, 1.82) is 0 Å². The maximum atomic E-state index is 13.3. The molecule has 1 fully saturated rings. The predicted octanol–water partition coefficient (Wildman–Crippen LogP) is 0.663. The van der Waals surface area contributed by atoms with Crippen LogP contribution in [0.25, 0.3) is 0 Å². The number of aliphatic hydroxyl groups excluding tert-OH is 1. The van der Waals surface area contributed by atoms with Gasteiger partial charge in [-0.25, -0.2) is 0 Å². The van der Waals surface area contributed by atoms with Gasteiger partial charge in [0.2, 0.25) is 17.7 Å². The van der Waals surface area contributed by atoms with Crippen molar-refractivity contribution >= 4 is 56.5 Å². The van der Waals surface area contributed by atoms with Gasteiger partial charge in [0.1, 0.15) is 23.9 Å². The third-order valence-electron chi connectivity index (χ3n) is 6.04. The van der Waals surface area contributed by atoms with Gasteiger partial charge in [0.15, 0.2) is 0 Å². The van der Waals surface area contributed by atoms with E-state index in [0.29, 0.717) is 12.8 Å². The topological polar surface area (TPSA) is 157 Å². The first-order valence-electron chi connectivity index (χ1n) is 12.1. The molecule has 2 heterocycles. The second-order valence-corrected chi connectivity index (χ2v) is 13.2. The van der Waals surface area contributed by atoms with Gasteiger partial charge in [-0.3, -0.25) is 19.2 Å². The zero-order chi connectivity index (χ0) is 26.7. The summed E-state index contributed by atoms with van der Waals surface area (Å²) in [5, 5.41) is 19.1. The average molecular weight is 564 g/mol. The van der Waals surface area contributed by atoms with Crippen molar-refractivity contribution in [2.75, 3.05) is 23.5 Å². The van der Waals surface area contributed by atoms with E-state index in [-0.39, 0.29) is 36.7 Å². The SMILES string of the molecule is CC[C@H](C)[C@H]1NC(=O)[C@H]2CSSCC/C=C/[C@H](CC(=O)N[C@H](CC[S+](C)[O-])C(=O)N2)OC(=O)C[C@@H]1O. The Kier molecular flexibility index (Phi) is 13.5. The van der Waals surface area contributed by atoms with Crippen LogP contribution < -0.4 is 16.0 Å². The Bertz CT molecular complexity index is 799. The van der Waals surface area contributed by atoms with Gasteiger partial charge >= 0.3 is 5.97 Å². The van der Waals surface area contributed by atoms with E-state index in [0.717, 1.165) is 5.75 Å². The molecule has 7 atom stereocenters. The average Bonchev–Trinajstić information content (AvgIpc) is 2.81. The number of fused-ring (bicyclic) bond motifs is 7. The lowest BCUT2D eigenvalue weighted by Crippen LogP contribution is -2.58. The van der Waals surface area contributed by atoms with Crippen LogP contribution in [0.3, 0.4) is 0 Å². The Hall–Kier alpha value is -1.41. The first kappa shape index (κ1) is 30.8. The molecule has 0 spiro atoms. The number of hydrogen-bond acceptors (Lipinski definition) is 9. The van der Waals surface area contributed by atoms with Gasteiger partial charge < -0.3 is 30.3 Å². The molecule has 2 aliphatic heterocycles. The highest BCUT2D eigenvalue weighted by Crippen LogP contribution is 2.24. The summed E-state index contributed by atoms with van der Waals surface area (Å²) in [6, 6.07) is -2.69. The highest BCUT2D eigenvalue weighted by Gasteiger charge is 2.34. The van der Waals surface area contributed by atoms with Crippen LogP contribution in [0.4, 0.5) is 0 Å². The molecule has 0 aromatic rings. The van der Waals surface area contributed by atoms with Gasteiger partial charge in [0, 0.05) is 17.9 Å². The van der Waals surface area contributed by atoms with Crippen LogP contribution in [0.5, 0.6) is 0 Å². The summed E-state index contributed by atoms with van der Waals surface area (Å²) in [4.78, 5) is 52.0. The van der Waals surface area contributed by atoms with Crippen molar-refractivity contribution in [3.63, 3.8) is 0 Å². The highest BCUT2D eigenvalue weighted by molar-refractivity contribution is 8.76. The van der Waals surface area contributed by atoms with Crippen LogP contribution in [-0.2, 0) is 35.1 Å². The lowest BCUT2D eigenvalue weighted by atomic mass is 9.92. The summed E-state index contributed by atoms with van der Waals surface area (Å²) in [5.41, 5.74) is 0. The van der Waals surface area contributed by atoms with Gasteiger partial charge in [-0.15, -0.1) is 0 Å². The van der Waals surface area contributed by atoms with E-state index >= 15 is 0 Å². The first-order chi connectivity index (χ1) is 17.1. The van der Waals surface area contributed by atoms with Crippen LogP contribution in [-0.4, -0.2) is 87.2 Å². The van der Waals surface area contributed by atoms with E-state index in [1.807, 2.05) is 19.9 Å². The number of ether oxygens (including phenoxy) is 1. The van der Waals surface area contributed by atoms with E-state index in [1.54, 1.807) is 6.08 Å². The number of nitrogens with one attached hydrogen (secondary N) is 3. The number of amides is 3. The Labute approximate surface area is 223 Å². The summed E-state index contributed by atoms with van der Waals surface area (Å²) < 4.78 is 17.2. The van der Waals surface area contributed by atoms with Crippen LogP contribution in [0.2, 0.25) is 0 Å². The van der Waals surface area contributed by atoms with Crippen molar-refractivity contribution in [1.82, 2.24) is 16.0 Å². The lowest BCUT2D eigenvalue weighted by molar-refractivity contribution is -0.151. The maximum absolute atomic E-state index is 13.3. The van der Waals surface area contributed by atoms with E-state index in [2.05, 4.69) is 16.0 Å². The summed E-state index contributed by atoms with van der Waals surface area (Å²) in [6.07, 6.45) is 3.73. The molecular weight excluding hydrogens is 526 g/mol. The molecule has 0 aliphatic carbocycles. The van der Waals surface area contributed by atoms with E-state index < -0.39 is 65.2 Å². The fraction of sp³-hybridized carbons (Fsp3) is 0.739. The van der Waals surface area contributed by atoms with Crippen LogP contribution in [0, 0.1) is 5.92 Å². The van der Waals surface area contributed by atoms with E-state index in [1.165, 1.54) is 27.8 Å². The number of allylic oxidation sites excluding steroid dienone is 1. The minimum atomic E-state index is -1.21. The Morgan fingerprint density at radius 2 is 1.92 bits per heavy atom. The Morgan fingerprint density at radius 3 is 2.61 bits per heavy atom. The molecule has 1 unspecified atom stereocenters. The van der Waals surface area contributed by atoms with Gasteiger partial charge in [0.05, 0.1) is 31.2 Å². The van der Waals surface area contributed by atoms with Crippen LogP contribution in [0.1, 0.15) is 46.0 Å². The van der Waals surface area contributed by atoms with Crippen molar-refractivity contribution in [2.45, 2.75) is 76.3 Å². The molecule has 2 aliphatic rings. The molecule has 0 aromatic carbocycles. The van der Waals surface area contributed by atoms with Gasteiger partial charge in [-0.05, 0) is 18.4 Å². The van der Waals surface area contributed by atoms with E-state index in [9.17, 15) is 28.8 Å². The van der Waals surface area contributed by atoms with Crippen molar-refractivity contribution in [3.8, 4) is 0 Å². The van der Waals surface area contributed by atoms with E-state index in [4.69, 9.17) is 4.74 Å². The molecule has 2 rings (SSSR count). The number of carbonyl (C=O) groups excluding carboxylic acids is 4. The number of carbonyl (C=O) groups is 4. The molecule has 0 radical (unpaired) electrons. The quantitative estimate of drug-likeness (QED) is 0.163. The zero-order valence-corrected chi connectivity index (χ0v) is 23.3. The molecule has 4 N–H and O–H groups in total. The lowest BCUT2D eigenvalue weighted by Gasteiger charge is -2.31. The predicted molar refractivity (Wildman–Crippen MR) is 143 cm³/mol. The molecule has 0 aromatic heterocycles. The van der Waals surface area contributed by atoms with Crippen LogP contribution >= 0.6 is 21.6 Å². The highest BCUT2D eigenvalue weighted by atomic mass is 33.1. The molecular formula is C23H37N3O7S3. The number of aliphatic hydroxyl groups is 1. The fourth-order valence-corrected chi connectivity index (χ4v) is 6.51. The van der Waals surface area contributed by atoms with Crippen molar-refractivity contribution in [3.05, 3.63) is 12.2 Å². The standard InChI is InChI=1S/C23H37N3O7S3/c1-4-14(2)21-18(27)12-20(29)33-15-7-5-6-9-34-35-13-17(23(31)26-21)25-22(30)16(8-10-36(3)32)24-19(28)11-15/h5,7,14-18,21,27H,4,6,8-13H2,1-3H3,(H,24,28)(H,25,30)(H,26,31)/b7-5+/t14-,15+,16+,17+,18-,21+,36?/m0/s1. The maximum Gasteiger partial charge on any atom is 0.309 e. The fourth-order valence-electron chi connectivity index (χ4n) is 3.78. The smallest absolute Gasteiger partial charge is 0.309 e. The Balaban J connectivity index is 2.47. The Morgan fingerprint density at radius 1 is 1.17 bits per heavy atom. The summed E-state index contributed by atoms with van der Waals surface area (Å²) in [7, 11) is 2.97. The summed E-state index contributed by atoms with van der Waals surface area (Å²) in [6.45, 7) is 3.77. The number of hydrogen-bond donors (Lipinski definition) is 4. The molecule has 2 bridgehead atoms. The summed E-state index contributed by atoms with van der Waals surface area (Å²) in [5.74, 6) is -1.26. The third-order valence-corrected chi connectivity index (χ3v) is 9.30. The van der Waals surface area contributed by atoms with Crippen LogP contribution in [0.15, 0.2) is 12.2 Å². The second-order valence-electron chi connectivity index (χ2n) is 8.99. The number of rotatable bonds is 5. The van der Waals surface area contributed by atoms with Crippen molar-refractivity contribution in [2.24, 2.45) is 5.92 Å². The molecule has 1 saturated heterocycles. The molecule has 10 nitrogen and oxygen atoms in total. The largest absolute Gasteiger partial charge is 0.617 e. The number of esters is 1. The summed E-state index contributed by atoms with van der Waals surface area (Å²) >= 11 is -1.19. The molecule has 3 amide bonds. The first-order valence-corrected chi connectivity index (χ1v) is 16.3. The monoisotopic (exact) mass is 563 g/mol. The minimum absolute atomic E-state index is 0.116. The minimum Gasteiger partial charge on any atom is -0.617 e. The zero-order valence-electron chi connectivity index (χ0n) is 20.9. The van der Waals surface area contributed by atoms with Crippen molar-refractivity contribution < 1.29 is 33.6 Å². The molecule has 13 heteroatoms. The third kappa shape index (κ3) is 10.5. The van der Waals surface area contributed by atoms with Gasteiger partial charge in [0.25, 0.3) is 0 Å². The van der Waals surface area contributed by atoms with Gasteiger partial charge in [-0.1, -0.05) is 59.1 Å². The molecule has 36 heavy (non-hydrogen) atoms. The van der Waals surface area contributed by atoms with Gasteiger partial charge in [-0.2, -0.15) is 0 Å². The molecule has 204 valence electrons. The normalized spacial score (nSPS) is 31.9.